The van der Waals surface area contributed by atoms with Crippen molar-refractivity contribution in [3.63, 3.8) is 0 Å². The molecule has 0 aromatic heterocycles. The summed E-state index contributed by atoms with van der Waals surface area (Å²) in [4.78, 5) is 0. The summed E-state index contributed by atoms with van der Waals surface area (Å²) in [6, 6.07) is 0. The van der Waals surface area contributed by atoms with Crippen LogP contribution in [0.2, 0.25) is 0 Å². The van der Waals surface area contributed by atoms with E-state index in [2.05, 4.69) is 5.32 Å². The summed E-state index contributed by atoms with van der Waals surface area (Å²) in [5, 5.41) is 3.20. The topological polar surface area (TPSA) is 46.2 Å². The van der Waals surface area contributed by atoms with Gasteiger partial charge in [0.2, 0.25) is 0 Å². The lowest BCUT2D eigenvalue weighted by Crippen LogP contribution is -2.57. The molecule has 2 aliphatic heterocycles. The Labute approximate surface area is 60.7 Å². The van der Waals surface area contributed by atoms with Gasteiger partial charge < -0.3 is 5.32 Å². The lowest BCUT2D eigenvalue weighted by molar-refractivity contribution is 0.241. The lowest BCUT2D eigenvalue weighted by Gasteiger charge is -2.38. The van der Waals surface area contributed by atoms with Crippen molar-refractivity contribution in [2.75, 3.05) is 18.1 Å². The molecule has 58 valence electrons. The Kier molecular flexibility index (Phi) is 1.15. The number of hydrogen-bond donors (Lipinski definition) is 1. The zero-order chi connectivity index (χ0) is 7.24. The van der Waals surface area contributed by atoms with E-state index in [-0.39, 0.29) is 5.54 Å². The molecule has 1 atom stereocenters. The number of hydrogen-bond acceptors (Lipinski definition) is 3. The first kappa shape index (κ1) is 6.61. The van der Waals surface area contributed by atoms with E-state index in [1.54, 1.807) is 0 Å². The van der Waals surface area contributed by atoms with E-state index in [0.717, 1.165) is 19.4 Å². The highest BCUT2D eigenvalue weighted by molar-refractivity contribution is 7.91. The largest absolute Gasteiger partial charge is 0.310 e. The van der Waals surface area contributed by atoms with Crippen molar-refractivity contribution < 1.29 is 8.42 Å². The fourth-order valence-corrected chi connectivity index (χ4v) is 3.81. The summed E-state index contributed by atoms with van der Waals surface area (Å²) >= 11 is 0. The van der Waals surface area contributed by atoms with Crippen LogP contribution >= 0.6 is 0 Å². The molecule has 1 N–H and O–H groups in total. The van der Waals surface area contributed by atoms with Crippen LogP contribution in [0.1, 0.15) is 12.8 Å². The van der Waals surface area contributed by atoms with Gasteiger partial charge in [-0.3, -0.25) is 0 Å². The average molecular weight is 161 g/mol. The summed E-state index contributed by atoms with van der Waals surface area (Å²) in [6.45, 7) is 0.996. The minimum absolute atomic E-state index is 0.0127. The summed E-state index contributed by atoms with van der Waals surface area (Å²) in [5.41, 5.74) is 0.0127. The summed E-state index contributed by atoms with van der Waals surface area (Å²) in [5.74, 6) is 0.764. The van der Waals surface area contributed by atoms with Crippen LogP contribution in [0.5, 0.6) is 0 Å². The highest BCUT2D eigenvalue weighted by Crippen LogP contribution is 2.31. The summed E-state index contributed by atoms with van der Waals surface area (Å²) < 4.78 is 22.0. The van der Waals surface area contributed by atoms with Crippen LogP contribution < -0.4 is 5.32 Å². The molecule has 10 heavy (non-hydrogen) atoms. The van der Waals surface area contributed by atoms with Gasteiger partial charge in [-0.1, -0.05) is 0 Å². The van der Waals surface area contributed by atoms with E-state index in [4.69, 9.17) is 0 Å². The molecule has 0 saturated carbocycles. The van der Waals surface area contributed by atoms with Crippen LogP contribution in [0.15, 0.2) is 0 Å². The first-order valence-corrected chi connectivity index (χ1v) is 5.40. The van der Waals surface area contributed by atoms with Gasteiger partial charge in [-0.15, -0.1) is 0 Å². The Balaban J connectivity index is 2.19. The van der Waals surface area contributed by atoms with Gasteiger partial charge >= 0.3 is 0 Å². The minimum atomic E-state index is -2.68. The molecule has 0 aromatic carbocycles. The maximum atomic E-state index is 11.0. The third-order valence-corrected chi connectivity index (χ3v) is 4.31. The van der Waals surface area contributed by atoms with Gasteiger partial charge in [-0.25, -0.2) is 8.42 Å². The Hall–Kier alpha value is -0.0900. The summed E-state index contributed by atoms with van der Waals surface area (Å²) in [6.07, 6.45) is 1.88. The third kappa shape index (κ3) is 0.864. The molecule has 3 nitrogen and oxygen atoms in total. The molecule has 1 unspecified atom stereocenters. The second-order valence-corrected chi connectivity index (χ2v) is 5.48. The Bertz CT molecular complexity index is 240. The molecule has 2 saturated heterocycles. The van der Waals surface area contributed by atoms with Crippen molar-refractivity contribution in [1.82, 2.24) is 5.32 Å². The van der Waals surface area contributed by atoms with Gasteiger partial charge in [0.15, 0.2) is 9.84 Å². The molecule has 2 heterocycles. The van der Waals surface area contributed by atoms with Gasteiger partial charge in [0.1, 0.15) is 0 Å². The molecule has 2 rings (SSSR count). The van der Waals surface area contributed by atoms with E-state index in [1.807, 2.05) is 0 Å². The Morgan fingerprint density at radius 1 is 1.30 bits per heavy atom. The third-order valence-electron chi connectivity index (χ3n) is 2.49. The van der Waals surface area contributed by atoms with Crippen molar-refractivity contribution in [2.24, 2.45) is 0 Å². The quantitative estimate of drug-likeness (QED) is 0.523. The van der Waals surface area contributed by atoms with E-state index in [1.165, 1.54) is 0 Å². The predicted molar refractivity (Wildman–Crippen MR) is 38.6 cm³/mol. The van der Waals surface area contributed by atoms with Gasteiger partial charge in [0, 0.05) is 5.54 Å². The van der Waals surface area contributed by atoms with Gasteiger partial charge in [0.25, 0.3) is 0 Å². The van der Waals surface area contributed by atoms with Crippen LogP contribution in [0.25, 0.3) is 0 Å². The lowest BCUT2D eigenvalue weighted by atomic mass is 9.88. The zero-order valence-corrected chi connectivity index (χ0v) is 6.58. The fraction of sp³-hybridized carbons (Fsp3) is 1.00. The first-order chi connectivity index (χ1) is 4.62. The van der Waals surface area contributed by atoms with Crippen molar-refractivity contribution in [1.29, 1.82) is 0 Å². The smallest absolute Gasteiger partial charge is 0.152 e. The van der Waals surface area contributed by atoms with E-state index in [0.29, 0.717) is 11.5 Å². The van der Waals surface area contributed by atoms with Crippen LogP contribution in [-0.2, 0) is 9.84 Å². The van der Waals surface area contributed by atoms with Crippen molar-refractivity contribution in [3.05, 3.63) is 0 Å². The van der Waals surface area contributed by atoms with E-state index < -0.39 is 9.84 Å². The molecule has 2 fully saturated rings. The Morgan fingerprint density at radius 3 is 2.20 bits per heavy atom. The van der Waals surface area contributed by atoms with Crippen molar-refractivity contribution in [2.45, 2.75) is 18.4 Å². The van der Waals surface area contributed by atoms with Crippen LogP contribution in [-0.4, -0.2) is 32.0 Å². The highest BCUT2D eigenvalue weighted by atomic mass is 32.2. The minimum Gasteiger partial charge on any atom is -0.310 e. The molecule has 0 aliphatic carbocycles. The first-order valence-electron chi connectivity index (χ1n) is 3.57. The molecular formula is C6H11NO2S. The van der Waals surface area contributed by atoms with E-state index >= 15 is 0 Å². The van der Waals surface area contributed by atoms with Crippen LogP contribution in [0.4, 0.5) is 0 Å². The zero-order valence-electron chi connectivity index (χ0n) is 5.76. The average Bonchev–Trinajstić information content (AvgIpc) is 2.04. The molecule has 0 bridgehead atoms. The molecule has 0 radical (unpaired) electrons. The highest BCUT2D eigenvalue weighted by Gasteiger charge is 2.45. The molecule has 4 heteroatoms. The molecule has 0 aromatic rings. The predicted octanol–water partition coefficient (Wildman–Crippen LogP) is -0.463. The van der Waals surface area contributed by atoms with Crippen LogP contribution in [0.3, 0.4) is 0 Å². The number of sulfone groups is 1. The molecule has 0 amide bonds. The van der Waals surface area contributed by atoms with Crippen LogP contribution in [0, 0.1) is 0 Å². The summed E-state index contributed by atoms with van der Waals surface area (Å²) in [7, 11) is -2.68. The van der Waals surface area contributed by atoms with Crippen molar-refractivity contribution >= 4 is 9.84 Å². The normalized spacial score (nSPS) is 43.6. The fourth-order valence-electron chi connectivity index (χ4n) is 1.73. The van der Waals surface area contributed by atoms with Crippen molar-refractivity contribution in [3.8, 4) is 0 Å². The van der Waals surface area contributed by atoms with E-state index in [9.17, 15) is 8.42 Å². The Morgan fingerprint density at radius 2 is 2.00 bits per heavy atom. The molecule has 1 spiro atoms. The van der Waals surface area contributed by atoms with Gasteiger partial charge in [-0.05, 0) is 19.4 Å². The molecular weight excluding hydrogens is 150 g/mol. The van der Waals surface area contributed by atoms with Gasteiger partial charge in [-0.2, -0.15) is 0 Å². The number of rotatable bonds is 0. The maximum Gasteiger partial charge on any atom is 0.152 e. The molecule has 2 aliphatic rings. The SMILES string of the molecule is O=S1(=O)CCC2(CCN2)C1. The van der Waals surface area contributed by atoms with Gasteiger partial charge in [0.05, 0.1) is 11.5 Å². The standard InChI is InChI=1S/C6H11NO2S/c8-10(9)4-2-6(5-10)1-3-7-6/h7H,1-5H2. The maximum absolute atomic E-state index is 11.0. The monoisotopic (exact) mass is 161 g/mol. The second-order valence-electron chi connectivity index (χ2n) is 3.30. The number of nitrogens with one attached hydrogen (secondary N) is 1. The second kappa shape index (κ2) is 1.74.